The molecule has 2 aromatic rings. The van der Waals surface area contributed by atoms with Crippen molar-refractivity contribution in [1.29, 1.82) is 0 Å². The number of nitro benzene ring substituents is 1. The van der Waals surface area contributed by atoms with Crippen LogP contribution < -0.4 is 10.0 Å². The van der Waals surface area contributed by atoms with Crippen molar-refractivity contribution in [2.75, 3.05) is 13.1 Å². The molecule has 0 radical (unpaired) electrons. The molecule has 1 amide bonds. The third-order valence-corrected chi connectivity index (χ3v) is 5.01. The molecule has 0 aliphatic rings. The minimum Gasteiger partial charge on any atom is -0.351 e. The van der Waals surface area contributed by atoms with Crippen LogP contribution in [0.1, 0.15) is 15.9 Å². The normalized spacial score (nSPS) is 11.1. The summed E-state index contributed by atoms with van der Waals surface area (Å²) in [4.78, 5) is 21.8. The zero-order valence-electron chi connectivity index (χ0n) is 13.4. The molecule has 0 aromatic heterocycles. The molecule has 0 spiro atoms. The molecule has 0 unspecified atom stereocenters. The van der Waals surface area contributed by atoms with E-state index in [1.165, 1.54) is 12.1 Å². The van der Waals surface area contributed by atoms with E-state index in [9.17, 15) is 23.3 Å². The summed E-state index contributed by atoms with van der Waals surface area (Å²) >= 11 is 0. The molecule has 0 saturated carbocycles. The van der Waals surface area contributed by atoms with Crippen molar-refractivity contribution in [3.05, 3.63) is 69.8 Å². The van der Waals surface area contributed by atoms with E-state index in [4.69, 9.17) is 0 Å². The second-order valence-corrected chi connectivity index (χ2v) is 6.96. The molecule has 8 nitrogen and oxygen atoms in total. The highest BCUT2D eigenvalue weighted by Gasteiger charge is 2.20. The lowest BCUT2D eigenvalue weighted by atomic mass is 10.2. The van der Waals surface area contributed by atoms with Crippen molar-refractivity contribution < 1.29 is 18.1 Å². The van der Waals surface area contributed by atoms with Gasteiger partial charge in [-0.15, -0.1) is 0 Å². The van der Waals surface area contributed by atoms with E-state index in [0.29, 0.717) is 11.1 Å². The van der Waals surface area contributed by atoms with Gasteiger partial charge in [-0.3, -0.25) is 14.9 Å². The van der Waals surface area contributed by atoms with Crippen LogP contribution in [0.25, 0.3) is 0 Å². The van der Waals surface area contributed by atoms with Gasteiger partial charge in [0.2, 0.25) is 10.0 Å². The molecular weight excluding hydrogens is 346 g/mol. The molecule has 2 aromatic carbocycles. The van der Waals surface area contributed by atoms with Gasteiger partial charge in [0.15, 0.2) is 0 Å². The molecule has 0 heterocycles. The molecule has 0 aliphatic carbocycles. The average Bonchev–Trinajstić information content (AvgIpc) is 2.59. The maximum atomic E-state index is 12.3. The number of rotatable bonds is 7. The first-order valence-electron chi connectivity index (χ1n) is 7.39. The largest absolute Gasteiger partial charge is 0.351 e. The van der Waals surface area contributed by atoms with Gasteiger partial charge in [0, 0.05) is 30.8 Å². The van der Waals surface area contributed by atoms with Gasteiger partial charge in [0.1, 0.15) is 0 Å². The number of benzene rings is 2. The summed E-state index contributed by atoms with van der Waals surface area (Å²) in [7, 11) is -3.92. The number of hydrogen-bond donors (Lipinski definition) is 2. The lowest BCUT2D eigenvalue weighted by Crippen LogP contribution is -2.34. The van der Waals surface area contributed by atoms with Crippen molar-refractivity contribution in [3.63, 3.8) is 0 Å². The van der Waals surface area contributed by atoms with Crippen LogP contribution in [0.15, 0.2) is 53.4 Å². The van der Waals surface area contributed by atoms with Gasteiger partial charge in [-0.25, -0.2) is 13.1 Å². The van der Waals surface area contributed by atoms with E-state index in [2.05, 4.69) is 10.0 Å². The third kappa shape index (κ3) is 4.85. The number of carbonyl (C=O) groups excluding carboxylic acids is 1. The van der Waals surface area contributed by atoms with Crippen LogP contribution in [0.4, 0.5) is 5.69 Å². The summed E-state index contributed by atoms with van der Waals surface area (Å²) in [5.41, 5.74) is 0.565. The molecule has 2 rings (SSSR count). The van der Waals surface area contributed by atoms with E-state index in [-0.39, 0.29) is 29.6 Å². The molecule has 9 heteroatoms. The number of amides is 1. The molecule has 0 saturated heterocycles. The summed E-state index contributed by atoms with van der Waals surface area (Å²) < 4.78 is 26.9. The average molecular weight is 363 g/mol. The Morgan fingerprint density at radius 2 is 1.80 bits per heavy atom. The molecule has 0 aliphatic heterocycles. The van der Waals surface area contributed by atoms with Crippen molar-refractivity contribution >= 4 is 21.6 Å². The van der Waals surface area contributed by atoms with Crippen molar-refractivity contribution in [2.45, 2.75) is 11.8 Å². The molecule has 2 N–H and O–H groups in total. The molecule has 132 valence electrons. The Bertz CT molecular complexity index is 882. The zero-order chi connectivity index (χ0) is 18.4. The number of nitrogens with one attached hydrogen (secondary N) is 2. The molecule has 25 heavy (non-hydrogen) atoms. The van der Waals surface area contributed by atoms with Gasteiger partial charge in [0.25, 0.3) is 11.6 Å². The fourth-order valence-corrected chi connectivity index (χ4v) is 3.42. The fourth-order valence-electron chi connectivity index (χ4n) is 2.12. The van der Waals surface area contributed by atoms with Crippen molar-refractivity contribution in [2.24, 2.45) is 0 Å². The Labute approximate surface area is 145 Å². The number of sulfonamides is 1. The maximum Gasteiger partial charge on any atom is 0.270 e. The SMILES string of the molecule is Cc1ccc([N+](=O)[O-])cc1S(=O)(=O)NCCNC(=O)c1ccccc1. The predicted molar refractivity (Wildman–Crippen MR) is 91.8 cm³/mol. The highest BCUT2D eigenvalue weighted by atomic mass is 32.2. The summed E-state index contributed by atoms with van der Waals surface area (Å²) in [6.07, 6.45) is 0. The summed E-state index contributed by atoms with van der Waals surface area (Å²) in [6.45, 7) is 1.60. The minimum atomic E-state index is -3.92. The van der Waals surface area contributed by atoms with Crippen LogP contribution in [-0.2, 0) is 10.0 Å². The minimum absolute atomic E-state index is 0.0387. The fraction of sp³-hybridized carbons (Fsp3) is 0.188. The van der Waals surface area contributed by atoms with Crippen molar-refractivity contribution in [3.8, 4) is 0 Å². The number of aryl methyl sites for hydroxylation is 1. The van der Waals surface area contributed by atoms with E-state index >= 15 is 0 Å². The van der Waals surface area contributed by atoms with Crippen molar-refractivity contribution in [1.82, 2.24) is 10.0 Å². The number of nitrogens with zero attached hydrogens (tertiary/aromatic N) is 1. The van der Waals surface area contributed by atoms with Gasteiger partial charge in [-0.05, 0) is 24.6 Å². The monoisotopic (exact) mass is 363 g/mol. The number of nitro groups is 1. The highest BCUT2D eigenvalue weighted by molar-refractivity contribution is 7.89. The predicted octanol–water partition coefficient (Wildman–Crippen LogP) is 1.61. The lowest BCUT2D eigenvalue weighted by Gasteiger charge is -2.10. The summed E-state index contributed by atoms with van der Waals surface area (Å²) in [5.74, 6) is -0.314. The summed E-state index contributed by atoms with van der Waals surface area (Å²) in [5, 5.41) is 13.4. The first-order chi connectivity index (χ1) is 11.8. The lowest BCUT2D eigenvalue weighted by molar-refractivity contribution is -0.385. The van der Waals surface area contributed by atoms with Gasteiger partial charge in [-0.1, -0.05) is 24.3 Å². The van der Waals surface area contributed by atoms with Gasteiger partial charge < -0.3 is 5.32 Å². The Morgan fingerprint density at radius 3 is 2.44 bits per heavy atom. The molecule has 0 bridgehead atoms. The Balaban J connectivity index is 1.97. The topological polar surface area (TPSA) is 118 Å². The smallest absolute Gasteiger partial charge is 0.270 e. The van der Waals surface area contributed by atoms with Crippen LogP contribution in [0.2, 0.25) is 0 Å². The number of carbonyl (C=O) groups is 1. The van der Waals surface area contributed by atoms with Crippen LogP contribution in [0.5, 0.6) is 0 Å². The van der Waals surface area contributed by atoms with E-state index in [1.807, 2.05) is 0 Å². The second-order valence-electron chi connectivity index (χ2n) is 5.23. The maximum absolute atomic E-state index is 12.3. The third-order valence-electron chi connectivity index (χ3n) is 3.41. The standard InChI is InChI=1S/C16H17N3O5S/c1-12-7-8-14(19(21)22)11-15(12)25(23,24)18-10-9-17-16(20)13-5-3-2-4-6-13/h2-8,11,18H,9-10H2,1H3,(H,17,20). The first kappa shape index (κ1) is 18.6. The van der Waals surface area contributed by atoms with E-state index < -0.39 is 14.9 Å². The quantitative estimate of drug-likeness (QED) is 0.440. The van der Waals surface area contributed by atoms with E-state index in [0.717, 1.165) is 6.07 Å². The first-order valence-corrected chi connectivity index (χ1v) is 8.87. The van der Waals surface area contributed by atoms with Crippen LogP contribution in [-0.4, -0.2) is 32.3 Å². The molecule has 0 fully saturated rings. The van der Waals surface area contributed by atoms with Crippen LogP contribution in [0.3, 0.4) is 0 Å². The Morgan fingerprint density at radius 1 is 1.12 bits per heavy atom. The number of hydrogen-bond acceptors (Lipinski definition) is 5. The number of non-ortho nitro benzene ring substituents is 1. The Hall–Kier alpha value is -2.78. The van der Waals surface area contributed by atoms with Crippen LogP contribution >= 0.6 is 0 Å². The Kier molecular flexibility index (Phi) is 5.84. The van der Waals surface area contributed by atoms with Gasteiger partial charge >= 0.3 is 0 Å². The zero-order valence-corrected chi connectivity index (χ0v) is 14.2. The van der Waals surface area contributed by atoms with Gasteiger partial charge in [0.05, 0.1) is 9.82 Å². The van der Waals surface area contributed by atoms with E-state index in [1.54, 1.807) is 37.3 Å². The second kappa shape index (κ2) is 7.86. The molecular formula is C16H17N3O5S. The summed E-state index contributed by atoms with van der Waals surface area (Å²) in [6, 6.07) is 12.2. The highest BCUT2D eigenvalue weighted by Crippen LogP contribution is 2.21. The van der Waals surface area contributed by atoms with Gasteiger partial charge in [-0.2, -0.15) is 0 Å². The van der Waals surface area contributed by atoms with Crippen LogP contribution in [0, 0.1) is 17.0 Å². The molecule has 0 atom stereocenters.